The molecule has 3 heteroatoms. The van der Waals surface area contributed by atoms with Crippen LogP contribution in [0.5, 0.6) is 0 Å². The van der Waals surface area contributed by atoms with E-state index in [1.54, 1.807) is 0 Å². The summed E-state index contributed by atoms with van der Waals surface area (Å²) in [4.78, 5) is 0. The van der Waals surface area contributed by atoms with Gasteiger partial charge in [-0.25, -0.2) is 9.13 Å². The molecular weight excluding hydrogens is 619 g/mol. The lowest BCUT2D eigenvalue weighted by Gasteiger charge is -2.26. The molecule has 0 saturated heterocycles. The van der Waals surface area contributed by atoms with Gasteiger partial charge in [0.25, 0.3) is 0 Å². The fourth-order valence-corrected chi connectivity index (χ4v) is 6.36. The second-order valence-corrected chi connectivity index (χ2v) is 18.8. The topological polar surface area (TPSA) is 19.8 Å². The van der Waals surface area contributed by atoms with Crippen LogP contribution in [0, 0.1) is 0 Å². The van der Waals surface area contributed by atoms with Crippen molar-refractivity contribution in [3.05, 3.63) is 154 Å². The van der Waals surface area contributed by atoms with Crippen molar-refractivity contribution >= 4 is 0 Å². The zero-order chi connectivity index (χ0) is 37.2. The summed E-state index contributed by atoms with van der Waals surface area (Å²) in [6, 6.07) is 32.2. The smallest absolute Gasteiger partial charge is 0.173 e. The van der Waals surface area contributed by atoms with Gasteiger partial charge in [0.1, 0.15) is 0 Å². The lowest BCUT2D eigenvalue weighted by molar-refractivity contribution is -0.688. The van der Waals surface area contributed by atoms with Crippen molar-refractivity contribution in [2.45, 2.75) is 131 Å². The average molecular weight is 682 g/mol. The number of nitrogens with zero attached hydrogens (tertiary/aromatic N) is 2. The summed E-state index contributed by atoms with van der Waals surface area (Å²) in [5.41, 5.74) is 13.9. The Morgan fingerprint density at radius 1 is 0.373 bits per heavy atom. The molecule has 2 aromatic heterocycles. The summed E-state index contributed by atoms with van der Waals surface area (Å²) in [7, 11) is 0. The first kappa shape index (κ1) is 38.2. The van der Waals surface area contributed by atoms with Crippen LogP contribution in [-0.2, 0) is 47.8 Å². The van der Waals surface area contributed by atoms with Gasteiger partial charge < -0.3 is 5.32 Å². The summed E-state index contributed by atoms with van der Waals surface area (Å²) >= 11 is 0. The lowest BCUT2D eigenvalue weighted by atomic mass is 9.79. The highest BCUT2D eigenvalue weighted by molar-refractivity contribution is 5.61. The van der Waals surface area contributed by atoms with Gasteiger partial charge in [-0.05, 0) is 78.3 Å². The van der Waals surface area contributed by atoms with Crippen LogP contribution in [0.25, 0.3) is 11.1 Å². The molecule has 0 saturated carbocycles. The third kappa shape index (κ3) is 10.5. The SMILES string of the molecule is CC(C)(C)c1cc(CNCc2ccc(C[n+]3ccc(-c4cc[n+](Cc5cc(C(C)(C)C)cc(C(C)(C)C)c5)cc4)cc3)cc2)cc(C(C)(C)C)c1. The predicted octanol–water partition coefficient (Wildman–Crippen LogP) is 10.5. The minimum absolute atomic E-state index is 0.118. The Bertz CT molecular complexity index is 1840. The Morgan fingerprint density at radius 3 is 1.06 bits per heavy atom. The standard InChI is InChI=1S/C48H63N3/c1-45(2,3)41-25-37(26-42(29-41)46(4,5)6)32-49-31-35-13-15-36(16-14-35)33-50-21-17-39(18-22-50)40-19-23-51(24-20-40)34-38-27-43(47(7,8)9)30-44(28-38)48(10,11)12/h13-30,49H,31-34H2,1-12H3/q+2. The van der Waals surface area contributed by atoms with Crippen molar-refractivity contribution in [2.75, 3.05) is 0 Å². The van der Waals surface area contributed by atoms with Crippen molar-refractivity contribution in [1.29, 1.82) is 0 Å². The third-order valence-corrected chi connectivity index (χ3v) is 9.98. The van der Waals surface area contributed by atoms with Gasteiger partial charge in [0, 0.05) is 48.5 Å². The van der Waals surface area contributed by atoms with Crippen LogP contribution in [0.2, 0.25) is 0 Å². The van der Waals surface area contributed by atoms with Crippen LogP contribution in [0.1, 0.15) is 128 Å². The second-order valence-electron chi connectivity index (χ2n) is 18.8. The number of hydrogen-bond donors (Lipinski definition) is 1. The van der Waals surface area contributed by atoms with E-state index < -0.39 is 0 Å². The number of rotatable bonds is 9. The zero-order valence-corrected chi connectivity index (χ0v) is 33.6. The zero-order valence-electron chi connectivity index (χ0n) is 33.6. The molecule has 0 aliphatic carbocycles. The number of hydrogen-bond acceptors (Lipinski definition) is 1. The molecule has 3 aromatic carbocycles. The van der Waals surface area contributed by atoms with E-state index in [2.05, 4.69) is 207 Å². The number of nitrogens with one attached hydrogen (secondary N) is 1. The molecule has 5 aromatic rings. The molecule has 0 spiro atoms. The first-order valence-corrected chi connectivity index (χ1v) is 18.8. The minimum atomic E-state index is 0.118. The van der Waals surface area contributed by atoms with E-state index in [9.17, 15) is 0 Å². The van der Waals surface area contributed by atoms with Crippen LogP contribution < -0.4 is 14.5 Å². The van der Waals surface area contributed by atoms with E-state index in [1.165, 1.54) is 55.6 Å². The first-order chi connectivity index (χ1) is 23.7. The van der Waals surface area contributed by atoms with Crippen molar-refractivity contribution in [2.24, 2.45) is 0 Å². The maximum absolute atomic E-state index is 3.69. The summed E-state index contributed by atoms with van der Waals surface area (Å²) in [5, 5.41) is 3.69. The van der Waals surface area contributed by atoms with Crippen LogP contribution >= 0.6 is 0 Å². The molecule has 0 unspecified atom stereocenters. The number of pyridine rings is 2. The van der Waals surface area contributed by atoms with Crippen LogP contribution in [0.3, 0.4) is 0 Å². The molecule has 51 heavy (non-hydrogen) atoms. The molecule has 0 aliphatic heterocycles. The summed E-state index contributed by atoms with van der Waals surface area (Å²) in [6.45, 7) is 31.0. The second kappa shape index (κ2) is 14.9. The normalized spacial score (nSPS) is 12.7. The molecule has 5 rings (SSSR count). The van der Waals surface area contributed by atoms with Crippen molar-refractivity contribution in [3.8, 4) is 11.1 Å². The monoisotopic (exact) mass is 682 g/mol. The van der Waals surface area contributed by atoms with Crippen molar-refractivity contribution in [1.82, 2.24) is 5.32 Å². The van der Waals surface area contributed by atoms with Gasteiger partial charge in [0.2, 0.25) is 0 Å². The Labute approximate surface area is 309 Å². The molecule has 0 radical (unpaired) electrons. The highest BCUT2D eigenvalue weighted by atomic mass is 14.9. The molecule has 2 heterocycles. The Kier molecular flexibility index (Phi) is 11.1. The van der Waals surface area contributed by atoms with Gasteiger partial charge in [-0.3, -0.25) is 0 Å². The molecule has 0 aliphatic rings. The molecule has 0 atom stereocenters. The summed E-state index contributed by atoms with van der Waals surface area (Å²) < 4.78 is 4.54. The molecule has 3 nitrogen and oxygen atoms in total. The van der Waals surface area contributed by atoms with E-state index in [4.69, 9.17) is 0 Å². The Balaban J connectivity index is 1.17. The largest absolute Gasteiger partial charge is 0.309 e. The van der Waals surface area contributed by atoms with E-state index in [0.29, 0.717) is 0 Å². The van der Waals surface area contributed by atoms with E-state index in [1.807, 2.05) is 0 Å². The van der Waals surface area contributed by atoms with Crippen LogP contribution in [0.4, 0.5) is 0 Å². The summed E-state index contributed by atoms with van der Waals surface area (Å²) in [6.07, 6.45) is 8.80. The van der Waals surface area contributed by atoms with Gasteiger partial charge in [-0.15, -0.1) is 0 Å². The molecular formula is C48H63N3+2. The van der Waals surface area contributed by atoms with Crippen LogP contribution in [-0.4, -0.2) is 0 Å². The number of aromatic nitrogens is 2. The summed E-state index contributed by atoms with van der Waals surface area (Å²) in [5.74, 6) is 0. The molecule has 0 amide bonds. The fourth-order valence-electron chi connectivity index (χ4n) is 6.36. The van der Waals surface area contributed by atoms with Gasteiger partial charge in [0.15, 0.2) is 37.9 Å². The van der Waals surface area contributed by atoms with Gasteiger partial charge in [-0.2, -0.15) is 0 Å². The molecule has 0 fully saturated rings. The van der Waals surface area contributed by atoms with Gasteiger partial charge in [0.05, 0.1) is 0 Å². The van der Waals surface area contributed by atoms with E-state index >= 15 is 0 Å². The molecule has 1 N–H and O–H groups in total. The van der Waals surface area contributed by atoms with Gasteiger partial charge >= 0.3 is 0 Å². The van der Waals surface area contributed by atoms with Crippen molar-refractivity contribution < 1.29 is 9.13 Å². The van der Waals surface area contributed by atoms with E-state index in [0.717, 1.165) is 26.2 Å². The predicted molar refractivity (Wildman–Crippen MR) is 215 cm³/mol. The Hall–Kier alpha value is -4.08. The highest BCUT2D eigenvalue weighted by Crippen LogP contribution is 2.32. The van der Waals surface area contributed by atoms with E-state index in [-0.39, 0.29) is 21.7 Å². The van der Waals surface area contributed by atoms with Crippen molar-refractivity contribution in [3.63, 3.8) is 0 Å². The first-order valence-electron chi connectivity index (χ1n) is 18.8. The lowest BCUT2D eigenvalue weighted by Crippen LogP contribution is -2.34. The molecule has 0 bridgehead atoms. The Morgan fingerprint density at radius 2 is 0.686 bits per heavy atom. The average Bonchev–Trinajstić information content (AvgIpc) is 3.04. The number of benzene rings is 3. The minimum Gasteiger partial charge on any atom is -0.309 e. The molecule has 268 valence electrons. The quantitative estimate of drug-likeness (QED) is 0.154. The highest BCUT2D eigenvalue weighted by Gasteiger charge is 2.22. The van der Waals surface area contributed by atoms with Gasteiger partial charge in [-0.1, -0.05) is 132 Å². The van der Waals surface area contributed by atoms with Crippen LogP contribution in [0.15, 0.2) is 110 Å². The maximum Gasteiger partial charge on any atom is 0.173 e. The fraction of sp³-hybridized carbons (Fsp3) is 0.417. The third-order valence-electron chi connectivity index (χ3n) is 9.98. The maximum atomic E-state index is 3.69.